The number of hydrogen-bond acceptors (Lipinski definition) is 2. The summed E-state index contributed by atoms with van der Waals surface area (Å²) in [7, 11) is 0. The van der Waals surface area contributed by atoms with E-state index in [1.165, 1.54) is 22.3 Å². The van der Waals surface area contributed by atoms with Crippen LogP contribution in [0, 0.1) is 20.8 Å². The van der Waals surface area contributed by atoms with Gasteiger partial charge in [-0.05, 0) is 61.3 Å². The van der Waals surface area contributed by atoms with E-state index in [1.54, 1.807) is 6.20 Å². The molecule has 0 aliphatic carbocycles. The molecule has 4 nitrogen and oxygen atoms in total. The van der Waals surface area contributed by atoms with E-state index in [2.05, 4.69) is 54.7 Å². The monoisotopic (exact) mass is 350 g/mol. The van der Waals surface area contributed by atoms with Gasteiger partial charge in [-0.25, -0.2) is 0 Å². The highest BCUT2D eigenvalue weighted by molar-refractivity contribution is 7.80. The molecular weight excluding hydrogens is 328 g/mol. The molecule has 0 saturated heterocycles. The summed E-state index contributed by atoms with van der Waals surface area (Å²) in [6, 6.07) is 14.5. The first-order valence-corrected chi connectivity index (χ1v) is 8.65. The molecule has 2 N–H and O–H groups in total. The van der Waals surface area contributed by atoms with Crippen molar-refractivity contribution in [3.8, 4) is 0 Å². The van der Waals surface area contributed by atoms with Crippen LogP contribution in [0.25, 0.3) is 0 Å². The zero-order valence-corrected chi connectivity index (χ0v) is 15.5. The third-order valence-corrected chi connectivity index (χ3v) is 4.54. The molecule has 0 aliphatic heterocycles. The predicted molar refractivity (Wildman–Crippen MR) is 108 cm³/mol. The van der Waals surface area contributed by atoms with Crippen molar-refractivity contribution >= 4 is 28.7 Å². The molecule has 5 heteroatoms. The second kappa shape index (κ2) is 7.49. The second-order valence-electron chi connectivity index (χ2n) is 6.18. The maximum Gasteiger partial charge on any atom is 0.175 e. The lowest BCUT2D eigenvalue weighted by Gasteiger charge is -2.12. The highest BCUT2D eigenvalue weighted by Gasteiger charge is 2.06. The Bertz CT molecular complexity index is 898. The minimum Gasteiger partial charge on any atom is -0.332 e. The maximum atomic E-state index is 5.42. The molecule has 0 fully saturated rings. The Kier molecular flexibility index (Phi) is 5.14. The first kappa shape index (κ1) is 17.2. The minimum absolute atomic E-state index is 0.559. The largest absolute Gasteiger partial charge is 0.332 e. The Morgan fingerprint density at radius 3 is 2.56 bits per heavy atom. The van der Waals surface area contributed by atoms with Crippen LogP contribution in [-0.4, -0.2) is 14.9 Å². The molecule has 1 aromatic heterocycles. The Morgan fingerprint density at radius 2 is 1.76 bits per heavy atom. The zero-order valence-electron chi connectivity index (χ0n) is 14.7. The van der Waals surface area contributed by atoms with Gasteiger partial charge < -0.3 is 10.6 Å². The number of aromatic nitrogens is 2. The molecule has 0 atom stereocenters. The Labute approximate surface area is 153 Å². The van der Waals surface area contributed by atoms with Crippen LogP contribution in [0.1, 0.15) is 22.3 Å². The molecule has 0 bridgehead atoms. The Balaban J connectivity index is 1.64. The van der Waals surface area contributed by atoms with Gasteiger partial charge >= 0.3 is 0 Å². The van der Waals surface area contributed by atoms with Crippen molar-refractivity contribution in [1.82, 2.24) is 9.78 Å². The highest BCUT2D eigenvalue weighted by Crippen LogP contribution is 2.18. The molecule has 0 spiro atoms. The van der Waals surface area contributed by atoms with Crippen molar-refractivity contribution in [2.75, 3.05) is 10.6 Å². The summed E-state index contributed by atoms with van der Waals surface area (Å²) in [6.45, 7) is 7.03. The third-order valence-electron chi connectivity index (χ3n) is 4.34. The minimum atomic E-state index is 0.559. The predicted octanol–water partition coefficient (Wildman–Crippen LogP) is 4.67. The quantitative estimate of drug-likeness (QED) is 0.671. The summed E-state index contributed by atoms with van der Waals surface area (Å²) < 4.78 is 1.91. The van der Waals surface area contributed by atoms with Crippen LogP contribution in [-0.2, 0) is 6.54 Å². The molecule has 0 amide bonds. The van der Waals surface area contributed by atoms with Crippen LogP contribution in [0.3, 0.4) is 0 Å². The lowest BCUT2D eigenvalue weighted by atomic mass is 10.1. The summed E-state index contributed by atoms with van der Waals surface area (Å²) in [5.41, 5.74) is 6.84. The number of benzene rings is 2. The zero-order chi connectivity index (χ0) is 17.8. The highest BCUT2D eigenvalue weighted by atomic mass is 32.1. The normalized spacial score (nSPS) is 10.5. The van der Waals surface area contributed by atoms with Gasteiger partial charge in [0.15, 0.2) is 5.11 Å². The van der Waals surface area contributed by atoms with Gasteiger partial charge in [-0.2, -0.15) is 5.10 Å². The van der Waals surface area contributed by atoms with E-state index in [1.807, 2.05) is 35.1 Å². The van der Waals surface area contributed by atoms with Crippen LogP contribution < -0.4 is 10.6 Å². The van der Waals surface area contributed by atoms with Crippen molar-refractivity contribution in [1.29, 1.82) is 0 Å². The van der Waals surface area contributed by atoms with Crippen molar-refractivity contribution < 1.29 is 0 Å². The number of anilines is 2. The van der Waals surface area contributed by atoms with E-state index in [-0.39, 0.29) is 0 Å². The smallest absolute Gasteiger partial charge is 0.175 e. The van der Waals surface area contributed by atoms with Crippen molar-refractivity contribution in [3.05, 3.63) is 77.1 Å². The van der Waals surface area contributed by atoms with E-state index < -0.39 is 0 Å². The van der Waals surface area contributed by atoms with Gasteiger partial charge in [0.05, 0.1) is 18.4 Å². The fourth-order valence-corrected chi connectivity index (χ4v) is 2.88. The van der Waals surface area contributed by atoms with E-state index in [4.69, 9.17) is 12.2 Å². The van der Waals surface area contributed by atoms with Gasteiger partial charge in [0.2, 0.25) is 0 Å². The van der Waals surface area contributed by atoms with Gasteiger partial charge in [0.1, 0.15) is 0 Å². The molecule has 0 unspecified atom stereocenters. The summed E-state index contributed by atoms with van der Waals surface area (Å²) in [6.07, 6.45) is 3.75. The molecule has 128 valence electrons. The second-order valence-corrected chi connectivity index (χ2v) is 6.59. The molecule has 3 rings (SSSR count). The number of nitrogens with zero attached hydrogens (tertiary/aromatic N) is 2. The average molecular weight is 350 g/mol. The fourth-order valence-electron chi connectivity index (χ4n) is 2.65. The number of thiocarbonyl (C=S) groups is 1. The SMILES string of the molecule is Cc1ccccc1Cn1cc(NC(=S)Nc2cccc(C)c2C)cn1. The summed E-state index contributed by atoms with van der Waals surface area (Å²) >= 11 is 5.42. The van der Waals surface area contributed by atoms with Crippen molar-refractivity contribution in [2.24, 2.45) is 0 Å². The number of aryl methyl sites for hydroxylation is 2. The van der Waals surface area contributed by atoms with Crippen LogP contribution in [0.5, 0.6) is 0 Å². The van der Waals surface area contributed by atoms with Crippen LogP contribution in [0.4, 0.5) is 11.4 Å². The van der Waals surface area contributed by atoms with Gasteiger partial charge in [0.25, 0.3) is 0 Å². The van der Waals surface area contributed by atoms with E-state index in [9.17, 15) is 0 Å². The number of nitrogens with one attached hydrogen (secondary N) is 2. The number of rotatable bonds is 4. The standard InChI is InChI=1S/C20H22N4S/c1-14-8-6-10-19(16(14)3)23-20(25)22-18-11-21-24(13-18)12-17-9-5-4-7-15(17)2/h4-11,13H,12H2,1-3H3,(H2,22,23,25). The molecule has 2 aromatic carbocycles. The lowest BCUT2D eigenvalue weighted by molar-refractivity contribution is 0.684. The van der Waals surface area contributed by atoms with E-state index in [0.717, 1.165) is 17.9 Å². The van der Waals surface area contributed by atoms with Gasteiger partial charge in [-0.15, -0.1) is 0 Å². The summed E-state index contributed by atoms with van der Waals surface area (Å²) in [5, 5.41) is 11.4. The molecule has 0 saturated carbocycles. The van der Waals surface area contributed by atoms with Gasteiger partial charge in [-0.3, -0.25) is 4.68 Å². The van der Waals surface area contributed by atoms with Crippen LogP contribution in [0.15, 0.2) is 54.9 Å². The first-order valence-electron chi connectivity index (χ1n) is 8.24. The lowest BCUT2D eigenvalue weighted by Crippen LogP contribution is -2.19. The van der Waals surface area contributed by atoms with Crippen LogP contribution in [0.2, 0.25) is 0 Å². The maximum absolute atomic E-state index is 5.42. The summed E-state index contributed by atoms with van der Waals surface area (Å²) in [4.78, 5) is 0. The summed E-state index contributed by atoms with van der Waals surface area (Å²) in [5.74, 6) is 0. The van der Waals surface area contributed by atoms with Crippen molar-refractivity contribution in [3.63, 3.8) is 0 Å². The first-order chi connectivity index (χ1) is 12.0. The van der Waals surface area contributed by atoms with Gasteiger partial charge in [-0.1, -0.05) is 36.4 Å². The molecule has 25 heavy (non-hydrogen) atoms. The average Bonchev–Trinajstić information content (AvgIpc) is 3.01. The molecular formula is C20H22N4S. The fraction of sp³-hybridized carbons (Fsp3) is 0.200. The third kappa shape index (κ3) is 4.25. The van der Waals surface area contributed by atoms with Crippen LogP contribution >= 0.6 is 12.2 Å². The van der Waals surface area contributed by atoms with Gasteiger partial charge in [0, 0.05) is 11.9 Å². The molecule has 1 heterocycles. The Hall–Kier alpha value is -2.66. The van der Waals surface area contributed by atoms with E-state index >= 15 is 0 Å². The van der Waals surface area contributed by atoms with Crippen molar-refractivity contribution in [2.45, 2.75) is 27.3 Å². The molecule has 3 aromatic rings. The molecule has 0 radical (unpaired) electrons. The number of hydrogen-bond donors (Lipinski definition) is 2. The molecule has 0 aliphatic rings. The van der Waals surface area contributed by atoms with E-state index in [0.29, 0.717) is 5.11 Å². The topological polar surface area (TPSA) is 41.9 Å². The Morgan fingerprint density at radius 1 is 1.00 bits per heavy atom.